The van der Waals surface area contributed by atoms with Gasteiger partial charge in [-0.15, -0.1) is 0 Å². The predicted octanol–water partition coefficient (Wildman–Crippen LogP) is 1.74. The Bertz CT molecular complexity index is 661. The summed E-state index contributed by atoms with van der Waals surface area (Å²) in [5, 5.41) is 32.1. The number of benzene rings is 1. The lowest BCUT2D eigenvalue weighted by molar-refractivity contribution is -0.386. The number of hydrogen-bond acceptors (Lipinski definition) is 6. The number of nitriles is 1. The van der Waals surface area contributed by atoms with E-state index in [9.17, 15) is 20.0 Å². The monoisotopic (exact) mass is 305 g/mol. The maximum atomic E-state index is 11.8. The van der Waals surface area contributed by atoms with Crippen LogP contribution in [0.25, 0.3) is 6.08 Å². The minimum absolute atomic E-state index is 0.119. The Kier molecular flexibility index (Phi) is 5.89. The predicted molar refractivity (Wildman–Crippen MR) is 78.2 cm³/mol. The lowest BCUT2D eigenvalue weighted by Gasteiger charge is -2.06. The number of aromatic hydroxyl groups is 1. The molecule has 0 spiro atoms. The van der Waals surface area contributed by atoms with E-state index in [1.165, 1.54) is 19.3 Å². The SMILES string of the molecule is CCCNC(=O)/C(C#N)=C\c1cc(OC)c(O)c([N+](=O)[O-])c1. The zero-order valence-corrected chi connectivity index (χ0v) is 12.1. The van der Waals surface area contributed by atoms with Gasteiger partial charge in [-0.3, -0.25) is 14.9 Å². The third kappa shape index (κ3) is 3.96. The highest BCUT2D eigenvalue weighted by Gasteiger charge is 2.20. The van der Waals surface area contributed by atoms with Gasteiger partial charge in [0.1, 0.15) is 11.6 Å². The summed E-state index contributed by atoms with van der Waals surface area (Å²) < 4.78 is 4.85. The minimum atomic E-state index is -0.779. The van der Waals surface area contributed by atoms with E-state index < -0.39 is 22.3 Å². The first-order valence-corrected chi connectivity index (χ1v) is 6.40. The number of nitrogens with one attached hydrogen (secondary N) is 1. The highest BCUT2D eigenvalue weighted by atomic mass is 16.6. The zero-order valence-electron chi connectivity index (χ0n) is 12.1. The van der Waals surface area contributed by atoms with Gasteiger partial charge in [0.25, 0.3) is 5.91 Å². The molecule has 0 saturated heterocycles. The van der Waals surface area contributed by atoms with Crippen molar-refractivity contribution >= 4 is 17.7 Å². The molecule has 0 heterocycles. The fourth-order valence-electron chi connectivity index (χ4n) is 1.64. The van der Waals surface area contributed by atoms with E-state index in [4.69, 9.17) is 10.00 Å². The van der Waals surface area contributed by atoms with Crippen LogP contribution in [0.5, 0.6) is 11.5 Å². The summed E-state index contributed by atoms with van der Waals surface area (Å²) in [5.74, 6) is -1.30. The molecule has 0 aromatic heterocycles. The lowest BCUT2D eigenvalue weighted by atomic mass is 10.1. The molecule has 1 aromatic rings. The van der Waals surface area contributed by atoms with Gasteiger partial charge in [0.05, 0.1) is 12.0 Å². The van der Waals surface area contributed by atoms with E-state index in [-0.39, 0.29) is 16.9 Å². The molecule has 8 heteroatoms. The third-order valence-corrected chi connectivity index (χ3v) is 2.71. The van der Waals surface area contributed by atoms with Crippen LogP contribution in [-0.2, 0) is 4.79 Å². The molecule has 8 nitrogen and oxygen atoms in total. The first-order valence-electron chi connectivity index (χ1n) is 6.40. The van der Waals surface area contributed by atoms with Gasteiger partial charge in [-0.25, -0.2) is 0 Å². The van der Waals surface area contributed by atoms with Gasteiger partial charge in [-0.1, -0.05) is 6.92 Å². The quantitative estimate of drug-likeness (QED) is 0.357. The first-order chi connectivity index (χ1) is 10.4. The van der Waals surface area contributed by atoms with Crippen molar-refractivity contribution in [2.24, 2.45) is 0 Å². The summed E-state index contributed by atoms with van der Waals surface area (Å²) in [4.78, 5) is 21.9. The number of nitro benzene ring substituents is 1. The van der Waals surface area contributed by atoms with Crippen molar-refractivity contribution in [3.8, 4) is 17.6 Å². The molecular formula is C14H15N3O5. The standard InChI is InChI=1S/C14H15N3O5/c1-3-4-16-14(19)10(8-15)5-9-6-11(17(20)21)13(18)12(7-9)22-2/h5-7,18H,3-4H2,1-2H3,(H,16,19)/b10-5-. The van der Waals surface area contributed by atoms with E-state index in [1.807, 2.05) is 6.92 Å². The van der Waals surface area contributed by atoms with Crippen LogP contribution in [0, 0.1) is 21.4 Å². The van der Waals surface area contributed by atoms with E-state index >= 15 is 0 Å². The van der Waals surface area contributed by atoms with E-state index in [0.29, 0.717) is 13.0 Å². The van der Waals surface area contributed by atoms with Crippen molar-refractivity contribution in [3.05, 3.63) is 33.4 Å². The van der Waals surface area contributed by atoms with Gasteiger partial charge in [-0.2, -0.15) is 5.26 Å². The molecule has 0 unspecified atom stereocenters. The molecule has 0 atom stereocenters. The summed E-state index contributed by atoms with van der Waals surface area (Å²) in [6.07, 6.45) is 1.91. The average Bonchev–Trinajstić information content (AvgIpc) is 2.50. The van der Waals surface area contributed by atoms with Crippen LogP contribution in [0.4, 0.5) is 5.69 Å². The lowest BCUT2D eigenvalue weighted by Crippen LogP contribution is -2.25. The van der Waals surface area contributed by atoms with Crippen LogP contribution < -0.4 is 10.1 Å². The Morgan fingerprint density at radius 3 is 2.77 bits per heavy atom. The van der Waals surface area contributed by atoms with Crippen LogP contribution in [0.2, 0.25) is 0 Å². The van der Waals surface area contributed by atoms with Crippen LogP contribution in [0.1, 0.15) is 18.9 Å². The first kappa shape index (κ1) is 17.0. The van der Waals surface area contributed by atoms with Crippen LogP contribution in [0.15, 0.2) is 17.7 Å². The number of rotatable bonds is 6. The van der Waals surface area contributed by atoms with Gasteiger partial charge < -0.3 is 15.2 Å². The molecule has 0 aliphatic rings. The fraction of sp³-hybridized carbons (Fsp3) is 0.286. The molecule has 1 aromatic carbocycles. The molecule has 2 N–H and O–H groups in total. The van der Waals surface area contributed by atoms with Crippen molar-refractivity contribution in [1.82, 2.24) is 5.32 Å². The Hall–Kier alpha value is -3.08. The number of carbonyl (C=O) groups is 1. The van der Waals surface area contributed by atoms with Crippen molar-refractivity contribution in [1.29, 1.82) is 5.26 Å². The molecule has 1 rings (SSSR count). The molecule has 0 saturated carbocycles. The van der Waals surface area contributed by atoms with Crippen molar-refractivity contribution in [3.63, 3.8) is 0 Å². The van der Waals surface area contributed by atoms with Crippen molar-refractivity contribution in [2.45, 2.75) is 13.3 Å². The Labute approximate surface area is 126 Å². The number of hydrogen-bond donors (Lipinski definition) is 2. The average molecular weight is 305 g/mol. The van der Waals surface area contributed by atoms with Crippen molar-refractivity contribution < 1.29 is 19.6 Å². The number of nitro groups is 1. The molecule has 0 aliphatic carbocycles. The number of phenols is 1. The highest BCUT2D eigenvalue weighted by molar-refractivity contribution is 6.01. The van der Waals surface area contributed by atoms with Gasteiger partial charge in [0, 0.05) is 12.6 Å². The number of phenolic OH excluding ortho intramolecular Hbond substituents is 1. The summed E-state index contributed by atoms with van der Waals surface area (Å²) in [5.41, 5.74) is -0.572. The zero-order chi connectivity index (χ0) is 16.7. The van der Waals surface area contributed by atoms with E-state index in [0.717, 1.165) is 6.07 Å². The summed E-state index contributed by atoms with van der Waals surface area (Å²) in [6.45, 7) is 2.28. The van der Waals surface area contributed by atoms with Crippen molar-refractivity contribution in [2.75, 3.05) is 13.7 Å². The number of nitrogens with zero attached hydrogens (tertiary/aromatic N) is 2. The van der Waals surface area contributed by atoms with Gasteiger partial charge in [0.15, 0.2) is 5.75 Å². The van der Waals surface area contributed by atoms with Gasteiger partial charge >= 0.3 is 5.69 Å². The maximum absolute atomic E-state index is 11.8. The fourth-order valence-corrected chi connectivity index (χ4v) is 1.64. The molecule has 1 amide bonds. The largest absolute Gasteiger partial charge is 0.500 e. The summed E-state index contributed by atoms with van der Waals surface area (Å²) in [6, 6.07) is 4.09. The Morgan fingerprint density at radius 2 is 2.27 bits per heavy atom. The Morgan fingerprint density at radius 1 is 1.59 bits per heavy atom. The van der Waals surface area contributed by atoms with Crippen LogP contribution in [-0.4, -0.2) is 29.6 Å². The van der Waals surface area contributed by atoms with Crippen LogP contribution >= 0.6 is 0 Å². The van der Waals surface area contributed by atoms with Gasteiger partial charge in [-0.05, 0) is 24.1 Å². The minimum Gasteiger partial charge on any atom is -0.500 e. The van der Waals surface area contributed by atoms with Crippen LogP contribution in [0.3, 0.4) is 0 Å². The van der Waals surface area contributed by atoms with Gasteiger partial charge in [0.2, 0.25) is 5.75 Å². The third-order valence-electron chi connectivity index (χ3n) is 2.71. The second-order valence-electron chi connectivity index (χ2n) is 4.27. The Balaban J connectivity index is 3.28. The summed E-state index contributed by atoms with van der Waals surface area (Å²) >= 11 is 0. The molecule has 0 fully saturated rings. The number of methoxy groups -OCH3 is 1. The molecule has 0 bridgehead atoms. The molecule has 116 valence electrons. The summed E-state index contributed by atoms with van der Waals surface area (Å²) in [7, 11) is 1.24. The van der Waals surface area contributed by atoms with E-state index in [2.05, 4.69) is 5.32 Å². The molecular weight excluding hydrogens is 290 g/mol. The second kappa shape index (κ2) is 7.64. The molecule has 0 aliphatic heterocycles. The normalized spacial score (nSPS) is 10.7. The molecule has 0 radical (unpaired) electrons. The van der Waals surface area contributed by atoms with E-state index in [1.54, 1.807) is 6.07 Å². The smallest absolute Gasteiger partial charge is 0.315 e. The highest BCUT2D eigenvalue weighted by Crippen LogP contribution is 2.37. The number of carbonyl (C=O) groups excluding carboxylic acids is 1. The topological polar surface area (TPSA) is 125 Å². The maximum Gasteiger partial charge on any atom is 0.315 e. The number of amides is 1. The molecule has 22 heavy (non-hydrogen) atoms. The number of ether oxygens (including phenoxy) is 1. The second-order valence-corrected chi connectivity index (χ2v) is 4.27.